The van der Waals surface area contributed by atoms with Gasteiger partial charge in [-0.2, -0.15) is 0 Å². The van der Waals surface area contributed by atoms with Gasteiger partial charge in [-0.3, -0.25) is 19.3 Å². The molecule has 0 bridgehead atoms. The molecule has 1 aliphatic heterocycles. The van der Waals surface area contributed by atoms with Crippen LogP contribution in [0.3, 0.4) is 0 Å². The van der Waals surface area contributed by atoms with Crippen LogP contribution in [0.4, 0.5) is 0 Å². The Morgan fingerprint density at radius 2 is 1.71 bits per heavy atom. The van der Waals surface area contributed by atoms with Crippen LogP contribution in [0.15, 0.2) is 0 Å². The molecule has 0 spiro atoms. The van der Waals surface area contributed by atoms with E-state index in [2.05, 4.69) is 5.32 Å². The van der Waals surface area contributed by atoms with Gasteiger partial charge in [-0.15, -0.1) is 0 Å². The minimum absolute atomic E-state index is 0.0135. The van der Waals surface area contributed by atoms with Crippen molar-refractivity contribution >= 4 is 17.8 Å². The van der Waals surface area contributed by atoms with E-state index in [0.29, 0.717) is 45.9 Å². The minimum Gasteiger partial charge on any atom is -0.466 e. The maximum absolute atomic E-state index is 12.0. The van der Waals surface area contributed by atoms with Gasteiger partial charge in [0.15, 0.2) is 0 Å². The smallest absolute Gasteiger partial charge is 0.306 e. The second-order valence-corrected chi connectivity index (χ2v) is 4.92. The summed E-state index contributed by atoms with van der Waals surface area (Å²) in [6.45, 7) is 7.54. The number of nitrogens with one attached hydrogen (secondary N) is 1. The zero-order valence-electron chi connectivity index (χ0n) is 12.9. The van der Waals surface area contributed by atoms with Gasteiger partial charge >= 0.3 is 5.97 Å². The lowest BCUT2D eigenvalue weighted by atomic mass is 10.2. The molecule has 2 amide bonds. The molecule has 0 unspecified atom stereocenters. The fourth-order valence-corrected chi connectivity index (χ4v) is 2.21. The molecule has 1 fully saturated rings. The maximum Gasteiger partial charge on any atom is 0.306 e. The quantitative estimate of drug-likeness (QED) is 0.648. The summed E-state index contributed by atoms with van der Waals surface area (Å²) in [5.74, 6) is -0.346. The van der Waals surface area contributed by atoms with E-state index in [1.54, 1.807) is 11.8 Å². The van der Waals surface area contributed by atoms with Gasteiger partial charge in [-0.25, -0.2) is 0 Å². The second-order valence-electron chi connectivity index (χ2n) is 4.92. The van der Waals surface area contributed by atoms with Crippen molar-refractivity contribution in [1.29, 1.82) is 0 Å². The van der Waals surface area contributed by atoms with Crippen LogP contribution in [-0.4, -0.2) is 73.5 Å². The molecule has 1 aliphatic rings. The predicted octanol–water partition coefficient (Wildman–Crippen LogP) is -0.390. The summed E-state index contributed by atoms with van der Waals surface area (Å²) in [4.78, 5) is 38.4. The number of piperazine rings is 1. The molecule has 1 N–H and O–H groups in total. The van der Waals surface area contributed by atoms with Gasteiger partial charge in [0.1, 0.15) is 0 Å². The lowest BCUT2D eigenvalue weighted by Gasteiger charge is -2.34. The van der Waals surface area contributed by atoms with Crippen LogP contribution in [0, 0.1) is 0 Å². The van der Waals surface area contributed by atoms with Crippen molar-refractivity contribution in [3.05, 3.63) is 0 Å². The largest absolute Gasteiger partial charge is 0.466 e. The van der Waals surface area contributed by atoms with Crippen molar-refractivity contribution in [2.75, 3.05) is 45.9 Å². The Morgan fingerprint density at radius 1 is 1.05 bits per heavy atom. The second kappa shape index (κ2) is 9.33. The van der Waals surface area contributed by atoms with Gasteiger partial charge in [0.05, 0.1) is 19.6 Å². The molecule has 7 heteroatoms. The lowest BCUT2D eigenvalue weighted by molar-refractivity contribution is -0.146. The van der Waals surface area contributed by atoms with E-state index < -0.39 is 0 Å². The van der Waals surface area contributed by atoms with Crippen molar-refractivity contribution in [3.63, 3.8) is 0 Å². The molecular weight excluding hydrogens is 274 g/mol. The SMILES string of the molecule is CCNC(=O)CN1CCN(C(=O)CCC(=O)OCC)CC1. The zero-order chi connectivity index (χ0) is 15.7. The molecule has 0 aromatic heterocycles. The fraction of sp³-hybridized carbons (Fsp3) is 0.786. The van der Waals surface area contributed by atoms with E-state index in [0.717, 1.165) is 0 Å². The highest BCUT2D eigenvalue weighted by molar-refractivity contribution is 5.81. The van der Waals surface area contributed by atoms with Crippen LogP contribution >= 0.6 is 0 Å². The van der Waals surface area contributed by atoms with Crippen molar-refractivity contribution in [2.24, 2.45) is 0 Å². The predicted molar refractivity (Wildman–Crippen MR) is 77.6 cm³/mol. The third-order valence-corrected chi connectivity index (χ3v) is 3.31. The van der Waals surface area contributed by atoms with Gasteiger partial charge in [0, 0.05) is 39.1 Å². The van der Waals surface area contributed by atoms with Crippen LogP contribution in [-0.2, 0) is 19.1 Å². The molecule has 0 aromatic carbocycles. The Kier molecular flexibility index (Phi) is 7.74. The third kappa shape index (κ3) is 6.57. The standard InChI is InChI=1S/C14H25N3O4/c1-3-15-12(18)11-16-7-9-17(10-8-16)13(19)5-6-14(20)21-4-2/h3-11H2,1-2H3,(H,15,18). The fourth-order valence-electron chi connectivity index (χ4n) is 2.21. The molecule has 21 heavy (non-hydrogen) atoms. The summed E-state index contributed by atoms with van der Waals surface area (Å²) < 4.78 is 4.80. The average Bonchev–Trinajstić information content (AvgIpc) is 2.46. The van der Waals surface area contributed by atoms with E-state index >= 15 is 0 Å². The summed E-state index contributed by atoms with van der Waals surface area (Å²) >= 11 is 0. The first-order valence-corrected chi connectivity index (χ1v) is 7.49. The number of nitrogens with zero attached hydrogens (tertiary/aromatic N) is 2. The molecule has 7 nitrogen and oxygen atoms in total. The minimum atomic E-state index is -0.333. The molecule has 0 radical (unpaired) electrons. The number of esters is 1. The number of hydrogen-bond donors (Lipinski definition) is 1. The Morgan fingerprint density at radius 3 is 2.29 bits per heavy atom. The van der Waals surface area contributed by atoms with E-state index in [-0.39, 0.29) is 30.6 Å². The Bertz CT molecular complexity index is 365. The number of carbonyl (C=O) groups excluding carboxylic acids is 3. The van der Waals surface area contributed by atoms with Crippen LogP contribution < -0.4 is 5.32 Å². The summed E-state index contributed by atoms with van der Waals surface area (Å²) in [6.07, 6.45) is 0.320. The van der Waals surface area contributed by atoms with Gasteiger partial charge < -0.3 is 15.0 Å². The summed E-state index contributed by atoms with van der Waals surface area (Å²) in [6, 6.07) is 0. The highest BCUT2D eigenvalue weighted by Gasteiger charge is 2.22. The van der Waals surface area contributed by atoms with Crippen LogP contribution in [0.5, 0.6) is 0 Å². The monoisotopic (exact) mass is 299 g/mol. The average molecular weight is 299 g/mol. The maximum atomic E-state index is 12.0. The van der Waals surface area contributed by atoms with Crippen LogP contribution in [0.2, 0.25) is 0 Å². The Hall–Kier alpha value is -1.63. The summed E-state index contributed by atoms with van der Waals surface area (Å²) in [5, 5.41) is 2.76. The molecule has 0 aliphatic carbocycles. The van der Waals surface area contributed by atoms with Crippen molar-refractivity contribution in [2.45, 2.75) is 26.7 Å². The van der Waals surface area contributed by atoms with E-state index in [1.807, 2.05) is 11.8 Å². The lowest BCUT2D eigenvalue weighted by Crippen LogP contribution is -2.51. The highest BCUT2D eigenvalue weighted by Crippen LogP contribution is 2.05. The van der Waals surface area contributed by atoms with Gasteiger partial charge in [-0.1, -0.05) is 0 Å². The van der Waals surface area contributed by atoms with Gasteiger partial charge in [0.2, 0.25) is 11.8 Å². The van der Waals surface area contributed by atoms with E-state index in [1.165, 1.54) is 0 Å². The van der Waals surface area contributed by atoms with Crippen molar-refractivity contribution < 1.29 is 19.1 Å². The number of hydrogen-bond acceptors (Lipinski definition) is 5. The number of ether oxygens (including phenoxy) is 1. The van der Waals surface area contributed by atoms with Gasteiger partial charge in [-0.05, 0) is 13.8 Å². The molecule has 0 saturated carbocycles. The Labute approximate surface area is 125 Å². The number of carbonyl (C=O) groups is 3. The molecule has 0 atom stereocenters. The number of likely N-dealkylation sites (N-methyl/N-ethyl adjacent to an activating group) is 1. The molecular formula is C14H25N3O4. The highest BCUT2D eigenvalue weighted by atomic mass is 16.5. The molecule has 1 saturated heterocycles. The summed E-state index contributed by atoms with van der Waals surface area (Å²) in [5.41, 5.74) is 0. The van der Waals surface area contributed by atoms with Crippen LogP contribution in [0.25, 0.3) is 0 Å². The topological polar surface area (TPSA) is 79.0 Å². The Balaban J connectivity index is 2.24. The first-order chi connectivity index (χ1) is 10.1. The summed E-state index contributed by atoms with van der Waals surface area (Å²) in [7, 11) is 0. The zero-order valence-corrected chi connectivity index (χ0v) is 12.9. The first-order valence-electron chi connectivity index (χ1n) is 7.49. The molecule has 120 valence electrons. The van der Waals surface area contributed by atoms with Crippen LogP contribution in [0.1, 0.15) is 26.7 Å². The van der Waals surface area contributed by atoms with Crippen molar-refractivity contribution in [3.8, 4) is 0 Å². The van der Waals surface area contributed by atoms with E-state index in [9.17, 15) is 14.4 Å². The molecule has 0 aromatic rings. The number of amides is 2. The molecule has 1 rings (SSSR count). The van der Waals surface area contributed by atoms with Gasteiger partial charge in [0.25, 0.3) is 0 Å². The third-order valence-electron chi connectivity index (χ3n) is 3.31. The van der Waals surface area contributed by atoms with Crippen molar-refractivity contribution in [1.82, 2.24) is 15.1 Å². The normalized spacial score (nSPS) is 15.6. The number of rotatable bonds is 7. The van der Waals surface area contributed by atoms with E-state index in [4.69, 9.17) is 4.74 Å². The first kappa shape index (κ1) is 17.4. The molecule has 1 heterocycles.